The molecule has 0 aromatic heterocycles. The number of alkyl halides is 2. The van der Waals surface area contributed by atoms with Gasteiger partial charge >= 0.3 is 0 Å². The minimum atomic E-state index is -2.81. The molecular formula is C12H15F2NO. The molecule has 0 atom stereocenters. The number of aryl methyl sites for hydroxylation is 1. The van der Waals surface area contributed by atoms with Gasteiger partial charge in [-0.1, -0.05) is 24.3 Å². The third-order valence-corrected chi connectivity index (χ3v) is 2.38. The molecule has 2 nitrogen and oxygen atoms in total. The first-order valence-electron chi connectivity index (χ1n) is 5.11. The molecule has 0 aliphatic heterocycles. The van der Waals surface area contributed by atoms with Crippen LogP contribution in [0.25, 0.3) is 0 Å². The molecule has 0 unspecified atom stereocenters. The van der Waals surface area contributed by atoms with E-state index < -0.39 is 5.92 Å². The zero-order chi connectivity index (χ0) is 12.2. The fourth-order valence-electron chi connectivity index (χ4n) is 1.35. The number of nitrogens with one attached hydrogen (secondary N) is 1. The van der Waals surface area contributed by atoms with Gasteiger partial charge in [-0.15, -0.1) is 0 Å². The summed E-state index contributed by atoms with van der Waals surface area (Å²) in [6.07, 6.45) is 0.938. The van der Waals surface area contributed by atoms with Crippen molar-refractivity contribution in [2.24, 2.45) is 0 Å². The van der Waals surface area contributed by atoms with Gasteiger partial charge in [0.05, 0.1) is 0 Å². The highest BCUT2D eigenvalue weighted by molar-refractivity contribution is 5.75. The van der Waals surface area contributed by atoms with Gasteiger partial charge in [0.15, 0.2) is 0 Å². The van der Waals surface area contributed by atoms with E-state index in [1.807, 2.05) is 0 Å². The van der Waals surface area contributed by atoms with Crippen LogP contribution in [0.1, 0.15) is 24.5 Å². The molecule has 1 amide bonds. The number of amides is 1. The van der Waals surface area contributed by atoms with Gasteiger partial charge in [-0.05, 0) is 12.0 Å². The number of carbonyl (C=O) groups excluding carboxylic acids is 1. The number of hydrogen-bond donors (Lipinski definition) is 1. The Bertz CT molecular complexity index is 354. The van der Waals surface area contributed by atoms with Crippen LogP contribution in [0.15, 0.2) is 24.3 Å². The Kier molecular flexibility index (Phi) is 3.99. The van der Waals surface area contributed by atoms with Crippen LogP contribution in [0.2, 0.25) is 0 Å². The van der Waals surface area contributed by atoms with E-state index in [1.165, 1.54) is 12.1 Å². The van der Waals surface area contributed by atoms with Gasteiger partial charge in [0.2, 0.25) is 5.91 Å². The highest BCUT2D eigenvalue weighted by Gasteiger charge is 2.23. The topological polar surface area (TPSA) is 29.1 Å². The van der Waals surface area contributed by atoms with E-state index >= 15 is 0 Å². The van der Waals surface area contributed by atoms with Crippen molar-refractivity contribution in [1.29, 1.82) is 0 Å². The van der Waals surface area contributed by atoms with Crippen LogP contribution in [-0.2, 0) is 17.1 Å². The monoisotopic (exact) mass is 227 g/mol. The number of hydrogen-bond acceptors (Lipinski definition) is 1. The van der Waals surface area contributed by atoms with E-state index in [1.54, 1.807) is 19.2 Å². The van der Waals surface area contributed by atoms with Crippen LogP contribution in [0.5, 0.6) is 0 Å². The Balaban J connectivity index is 2.62. The minimum Gasteiger partial charge on any atom is -0.359 e. The molecule has 4 heteroatoms. The van der Waals surface area contributed by atoms with E-state index in [0.717, 1.165) is 12.5 Å². The molecule has 0 saturated carbocycles. The van der Waals surface area contributed by atoms with E-state index in [2.05, 4.69) is 5.32 Å². The molecule has 0 aliphatic rings. The SMILES string of the molecule is CNC(=O)CCc1ccc(C(C)(F)F)cc1. The highest BCUT2D eigenvalue weighted by atomic mass is 19.3. The second-order valence-electron chi connectivity index (χ2n) is 3.76. The lowest BCUT2D eigenvalue weighted by atomic mass is 10.0. The van der Waals surface area contributed by atoms with Gasteiger partial charge < -0.3 is 5.32 Å². The summed E-state index contributed by atoms with van der Waals surface area (Å²) in [5.74, 6) is -2.86. The number of rotatable bonds is 4. The van der Waals surface area contributed by atoms with E-state index in [0.29, 0.717) is 12.8 Å². The molecule has 0 bridgehead atoms. The van der Waals surface area contributed by atoms with Crippen molar-refractivity contribution >= 4 is 5.91 Å². The molecule has 0 fully saturated rings. The Hall–Kier alpha value is -1.45. The van der Waals surface area contributed by atoms with Crippen molar-refractivity contribution in [1.82, 2.24) is 5.32 Å². The Labute approximate surface area is 93.7 Å². The summed E-state index contributed by atoms with van der Waals surface area (Å²) in [5.41, 5.74) is 0.882. The fourth-order valence-corrected chi connectivity index (χ4v) is 1.35. The van der Waals surface area contributed by atoms with Gasteiger partial charge in [0, 0.05) is 26.0 Å². The first-order valence-corrected chi connectivity index (χ1v) is 5.11. The second kappa shape index (κ2) is 5.05. The van der Waals surface area contributed by atoms with Crippen LogP contribution < -0.4 is 5.32 Å². The van der Waals surface area contributed by atoms with E-state index in [9.17, 15) is 13.6 Å². The quantitative estimate of drug-likeness (QED) is 0.841. The van der Waals surface area contributed by atoms with Crippen molar-refractivity contribution < 1.29 is 13.6 Å². The Morgan fingerprint density at radius 1 is 1.31 bits per heavy atom. The standard InChI is InChI=1S/C12H15F2NO/c1-12(13,14)10-6-3-9(4-7-10)5-8-11(16)15-2/h3-4,6-7H,5,8H2,1-2H3,(H,15,16). The molecule has 1 aromatic carbocycles. The summed E-state index contributed by atoms with van der Waals surface area (Å²) in [5, 5.41) is 2.51. The lowest BCUT2D eigenvalue weighted by Gasteiger charge is -2.10. The van der Waals surface area contributed by atoms with E-state index in [4.69, 9.17) is 0 Å². The fraction of sp³-hybridized carbons (Fsp3) is 0.417. The predicted molar refractivity (Wildman–Crippen MR) is 58.4 cm³/mol. The summed E-state index contributed by atoms with van der Waals surface area (Å²) < 4.78 is 25.8. The van der Waals surface area contributed by atoms with E-state index in [-0.39, 0.29) is 11.5 Å². The van der Waals surface area contributed by atoms with Crippen molar-refractivity contribution in [2.75, 3.05) is 7.05 Å². The summed E-state index contributed by atoms with van der Waals surface area (Å²) >= 11 is 0. The van der Waals surface area contributed by atoms with Crippen LogP contribution in [0.3, 0.4) is 0 Å². The van der Waals surface area contributed by atoms with Crippen molar-refractivity contribution in [3.05, 3.63) is 35.4 Å². The van der Waals surface area contributed by atoms with Gasteiger partial charge in [0.25, 0.3) is 5.92 Å². The number of carbonyl (C=O) groups is 1. The van der Waals surface area contributed by atoms with Crippen molar-refractivity contribution in [2.45, 2.75) is 25.7 Å². The average molecular weight is 227 g/mol. The molecule has 1 N–H and O–H groups in total. The molecule has 16 heavy (non-hydrogen) atoms. The zero-order valence-corrected chi connectivity index (χ0v) is 9.39. The molecule has 1 aromatic rings. The molecule has 0 radical (unpaired) electrons. The Morgan fingerprint density at radius 3 is 2.31 bits per heavy atom. The predicted octanol–water partition coefficient (Wildman–Crippen LogP) is 2.48. The molecular weight excluding hydrogens is 212 g/mol. The minimum absolute atomic E-state index is 0.00352. The Morgan fingerprint density at radius 2 is 1.88 bits per heavy atom. The first-order chi connectivity index (χ1) is 7.43. The molecule has 0 aliphatic carbocycles. The van der Waals surface area contributed by atoms with Crippen molar-refractivity contribution in [3.63, 3.8) is 0 Å². The normalized spacial score (nSPS) is 11.2. The summed E-state index contributed by atoms with van der Waals surface area (Å²) in [4.78, 5) is 11.0. The average Bonchev–Trinajstić information content (AvgIpc) is 2.25. The lowest BCUT2D eigenvalue weighted by molar-refractivity contribution is -0.120. The summed E-state index contributed by atoms with van der Waals surface area (Å²) in [6, 6.07) is 6.07. The summed E-state index contributed by atoms with van der Waals surface area (Å²) in [7, 11) is 1.57. The third kappa shape index (κ3) is 3.61. The van der Waals surface area contributed by atoms with Crippen molar-refractivity contribution in [3.8, 4) is 0 Å². The molecule has 0 spiro atoms. The molecule has 0 saturated heterocycles. The molecule has 0 heterocycles. The zero-order valence-electron chi connectivity index (χ0n) is 9.39. The maximum absolute atomic E-state index is 12.9. The van der Waals surface area contributed by atoms with Crippen LogP contribution in [0, 0.1) is 0 Å². The molecule has 88 valence electrons. The van der Waals surface area contributed by atoms with Gasteiger partial charge in [0.1, 0.15) is 0 Å². The first kappa shape index (κ1) is 12.6. The second-order valence-corrected chi connectivity index (χ2v) is 3.76. The number of halogens is 2. The summed E-state index contributed by atoms with van der Waals surface area (Å²) in [6.45, 7) is 0.868. The molecule has 1 rings (SSSR count). The smallest absolute Gasteiger partial charge is 0.270 e. The maximum atomic E-state index is 12.9. The van der Waals surface area contributed by atoms with Crippen LogP contribution in [0.4, 0.5) is 8.78 Å². The number of benzene rings is 1. The maximum Gasteiger partial charge on any atom is 0.270 e. The van der Waals surface area contributed by atoms with Gasteiger partial charge in [-0.2, -0.15) is 0 Å². The van der Waals surface area contributed by atoms with Crippen LogP contribution in [-0.4, -0.2) is 13.0 Å². The lowest BCUT2D eigenvalue weighted by Crippen LogP contribution is -2.17. The van der Waals surface area contributed by atoms with Crippen LogP contribution >= 0.6 is 0 Å². The third-order valence-electron chi connectivity index (χ3n) is 2.38. The largest absolute Gasteiger partial charge is 0.359 e. The highest BCUT2D eigenvalue weighted by Crippen LogP contribution is 2.26. The van der Waals surface area contributed by atoms with Gasteiger partial charge in [-0.3, -0.25) is 4.79 Å². The van der Waals surface area contributed by atoms with Gasteiger partial charge in [-0.25, -0.2) is 8.78 Å².